The van der Waals surface area contributed by atoms with E-state index in [9.17, 15) is 14.3 Å². The van der Waals surface area contributed by atoms with Gasteiger partial charge in [-0.25, -0.2) is 19.2 Å². The summed E-state index contributed by atoms with van der Waals surface area (Å²) in [7, 11) is 0. The van der Waals surface area contributed by atoms with Crippen LogP contribution in [0, 0.1) is 5.82 Å². The van der Waals surface area contributed by atoms with Gasteiger partial charge in [-0.1, -0.05) is 17.7 Å². The standard InChI is InChI=1S/C27H25ClFN5O3/c1-15(19-11-18(5-6-22(19)29)34-8-9-37-26(34)35)33-24-20-10-16(4-7-23(20)30-14-21(24)28)17-12-31-25(32-13-17)27(2,3)36/h4-7,10-15,36H,8-9H2,1-3H3,(H,30,33). The molecule has 1 atom stereocenters. The largest absolute Gasteiger partial charge is 0.447 e. The number of nitrogens with one attached hydrogen (secondary N) is 1. The smallest absolute Gasteiger partial charge is 0.414 e. The predicted octanol–water partition coefficient (Wildman–Crippen LogP) is 5.84. The van der Waals surface area contributed by atoms with Gasteiger partial charge in [-0.05, 0) is 56.7 Å². The molecule has 0 aliphatic carbocycles. The molecule has 8 nitrogen and oxygen atoms in total. The molecule has 0 saturated carbocycles. The van der Waals surface area contributed by atoms with E-state index in [1.807, 2.05) is 25.1 Å². The highest BCUT2D eigenvalue weighted by Crippen LogP contribution is 2.36. The molecule has 4 aromatic rings. The first kappa shape index (κ1) is 24.9. The van der Waals surface area contributed by atoms with E-state index in [1.165, 1.54) is 11.0 Å². The summed E-state index contributed by atoms with van der Waals surface area (Å²) in [6.45, 7) is 5.78. The molecule has 0 radical (unpaired) electrons. The fraction of sp³-hybridized carbons (Fsp3) is 0.259. The molecule has 1 saturated heterocycles. The van der Waals surface area contributed by atoms with E-state index in [-0.39, 0.29) is 0 Å². The zero-order valence-corrected chi connectivity index (χ0v) is 21.3. The Bertz CT molecular complexity index is 1490. The first-order chi connectivity index (χ1) is 17.6. The lowest BCUT2D eigenvalue weighted by Crippen LogP contribution is -2.23. The zero-order valence-electron chi connectivity index (χ0n) is 20.5. The number of ether oxygens (including phenoxy) is 1. The van der Waals surface area contributed by atoms with Gasteiger partial charge in [0.05, 0.1) is 28.8 Å². The summed E-state index contributed by atoms with van der Waals surface area (Å²) in [5.41, 5.74) is 2.68. The van der Waals surface area contributed by atoms with Gasteiger partial charge in [0.1, 0.15) is 18.0 Å². The minimum atomic E-state index is -1.14. The number of carbonyl (C=O) groups is 1. The van der Waals surface area contributed by atoms with Gasteiger partial charge in [0, 0.05) is 40.8 Å². The van der Waals surface area contributed by atoms with Crippen molar-refractivity contribution in [3.8, 4) is 11.1 Å². The number of anilines is 2. The lowest BCUT2D eigenvalue weighted by Gasteiger charge is -2.21. The second kappa shape index (κ2) is 9.57. The Kier molecular flexibility index (Phi) is 6.43. The number of pyridine rings is 1. The molecule has 0 bridgehead atoms. The number of hydrogen-bond donors (Lipinski definition) is 2. The number of halogens is 2. The second-order valence-electron chi connectivity index (χ2n) is 9.41. The monoisotopic (exact) mass is 521 g/mol. The van der Waals surface area contributed by atoms with E-state index < -0.39 is 23.6 Å². The van der Waals surface area contributed by atoms with Gasteiger partial charge in [-0.3, -0.25) is 9.88 Å². The number of benzene rings is 2. The van der Waals surface area contributed by atoms with E-state index in [4.69, 9.17) is 16.3 Å². The first-order valence-electron chi connectivity index (χ1n) is 11.8. The van der Waals surface area contributed by atoms with Gasteiger partial charge < -0.3 is 15.2 Å². The Balaban J connectivity index is 1.50. The van der Waals surface area contributed by atoms with Crippen LogP contribution in [0.4, 0.5) is 20.6 Å². The predicted molar refractivity (Wildman–Crippen MR) is 140 cm³/mol. The fourth-order valence-electron chi connectivity index (χ4n) is 4.24. The van der Waals surface area contributed by atoms with Crippen LogP contribution < -0.4 is 10.2 Å². The Morgan fingerprint density at radius 2 is 1.86 bits per heavy atom. The van der Waals surface area contributed by atoms with Crippen molar-refractivity contribution < 1.29 is 19.0 Å². The Morgan fingerprint density at radius 1 is 1.11 bits per heavy atom. The van der Waals surface area contributed by atoms with Crippen LogP contribution in [0.25, 0.3) is 22.0 Å². The average Bonchev–Trinajstić information content (AvgIpc) is 3.31. The molecule has 190 valence electrons. The van der Waals surface area contributed by atoms with Crippen molar-refractivity contribution in [1.82, 2.24) is 15.0 Å². The normalized spacial score (nSPS) is 14.6. The second-order valence-corrected chi connectivity index (χ2v) is 9.81. The van der Waals surface area contributed by atoms with Gasteiger partial charge in [0.2, 0.25) is 0 Å². The Hall–Kier alpha value is -3.82. The van der Waals surface area contributed by atoms with Crippen LogP contribution in [0.2, 0.25) is 5.02 Å². The summed E-state index contributed by atoms with van der Waals surface area (Å²) >= 11 is 6.56. The molecule has 37 heavy (non-hydrogen) atoms. The quantitative estimate of drug-likeness (QED) is 0.328. The molecule has 1 amide bonds. The highest BCUT2D eigenvalue weighted by atomic mass is 35.5. The summed E-state index contributed by atoms with van der Waals surface area (Å²) in [5.74, 6) is -0.0834. The number of carbonyl (C=O) groups excluding carboxylic acids is 1. The van der Waals surface area contributed by atoms with Crippen molar-refractivity contribution in [3.05, 3.63) is 77.2 Å². The van der Waals surface area contributed by atoms with Crippen LogP contribution in [-0.4, -0.2) is 39.3 Å². The third-order valence-corrected chi connectivity index (χ3v) is 6.52. The topological polar surface area (TPSA) is 100 Å². The summed E-state index contributed by atoms with van der Waals surface area (Å²) < 4.78 is 19.9. The molecule has 1 fully saturated rings. The van der Waals surface area contributed by atoms with Crippen LogP contribution in [-0.2, 0) is 10.3 Å². The number of nitrogens with zero attached hydrogens (tertiary/aromatic N) is 4. The van der Waals surface area contributed by atoms with Crippen LogP contribution in [0.5, 0.6) is 0 Å². The molecule has 3 heterocycles. The van der Waals surface area contributed by atoms with E-state index in [2.05, 4.69) is 20.3 Å². The number of aliphatic hydroxyl groups is 1. The first-order valence-corrected chi connectivity index (χ1v) is 12.1. The minimum Gasteiger partial charge on any atom is -0.447 e. The Labute approximate surface area is 218 Å². The molecule has 0 spiro atoms. The fourth-order valence-corrected chi connectivity index (χ4v) is 4.45. The molecule has 2 aromatic heterocycles. The van der Waals surface area contributed by atoms with Gasteiger partial charge in [-0.2, -0.15) is 0 Å². The van der Waals surface area contributed by atoms with Gasteiger partial charge in [-0.15, -0.1) is 0 Å². The van der Waals surface area contributed by atoms with Gasteiger partial charge in [0.15, 0.2) is 5.82 Å². The minimum absolute atomic E-state index is 0.297. The maximum absolute atomic E-state index is 14.9. The maximum atomic E-state index is 14.9. The molecular formula is C27H25ClFN5O3. The SMILES string of the molecule is CC(Nc1c(Cl)cnc2ccc(-c3cnc(C(C)(C)O)nc3)cc12)c1cc(N2CCOC2=O)ccc1F. The third kappa shape index (κ3) is 4.92. The zero-order chi connectivity index (χ0) is 26.3. The lowest BCUT2D eigenvalue weighted by molar-refractivity contribution is 0.0687. The maximum Gasteiger partial charge on any atom is 0.414 e. The molecule has 1 aliphatic rings. The third-order valence-electron chi connectivity index (χ3n) is 6.23. The van der Waals surface area contributed by atoms with Crippen molar-refractivity contribution in [2.24, 2.45) is 0 Å². The number of aromatic nitrogens is 3. The molecule has 5 rings (SSSR count). The summed E-state index contributed by atoms with van der Waals surface area (Å²) in [6.07, 6.45) is 4.40. The van der Waals surface area contributed by atoms with Crippen molar-refractivity contribution in [3.63, 3.8) is 0 Å². The van der Waals surface area contributed by atoms with E-state index >= 15 is 0 Å². The van der Waals surface area contributed by atoms with E-state index in [0.717, 1.165) is 16.5 Å². The highest BCUT2D eigenvalue weighted by molar-refractivity contribution is 6.34. The number of hydrogen-bond acceptors (Lipinski definition) is 7. The Morgan fingerprint density at radius 3 is 2.54 bits per heavy atom. The number of cyclic esters (lactones) is 1. The molecular weight excluding hydrogens is 497 g/mol. The van der Waals surface area contributed by atoms with E-state index in [0.29, 0.717) is 46.5 Å². The van der Waals surface area contributed by atoms with Gasteiger partial charge >= 0.3 is 6.09 Å². The molecule has 10 heteroatoms. The van der Waals surface area contributed by atoms with Gasteiger partial charge in [0.25, 0.3) is 0 Å². The number of amides is 1. The molecule has 1 aliphatic heterocycles. The highest BCUT2D eigenvalue weighted by Gasteiger charge is 2.25. The van der Waals surface area contributed by atoms with Crippen LogP contribution >= 0.6 is 11.6 Å². The van der Waals surface area contributed by atoms with Crippen LogP contribution in [0.15, 0.2) is 55.0 Å². The average molecular weight is 522 g/mol. The summed E-state index contributed by atoms with van der Waals surface area (Å²) in [6, 6.07) is 9.74. The summed E-state index contributed by atoms with van der Waals surface area (Å²) in [5, 5.41) is 14.6. The lowest BCUT2D eigenvalue weighted by atomic mass is 10.0. The number of rotatable bonds is 6. The van der Waals surface area contributed by atoms with Crippen LogP contribution in [0.1, 0.15) is 38.2 Å². The molecule has 2 aromatic carbocycles. The summed E-state index contributed by atoms with van der Waals surface area (Å²) in [4.78, 5) is 26.5. The van der Waals surface area contributed by atoms with Crippen molar-refractivity contribution in [2.45, 2.75) is 32.4 Å². The van der Waals surface area contributed by atoms with E-state index in [1.54, 1.807) is 44.6 Å². The number of fused-ring (bicyclic) bond motifs is 1. The molecule has 2 N–H and O–H groups in total. The molecule has 1 unspecified atom stereocenters. The van der Waals surface area contributed by atoms with Crippen molar-refractivity contribution in [1.29, 1.82) is 0 Å². The van der Waals surface area contributed by atoms with Crippen molar-refractivity contribution in [2.75, 3.05) is 23.4 Å². The van der Waals surface area contributed by atoms with Crippen LogP contribution in [0.3, 0.4) is 0 Å². The van der Waals surface area contributed by atoms with Crippen molar-refractivity contribution >= 4 is 40.0 Å².